The van der Waals surface area contributed by atoms with Crippen LogP contribution < -0.4 is 5.09 Å². The maximum Gasteiger partial charge on any atom is 0.435 e. The van der Waals surface area contributed by atoms with Crippen molar-refractivity contribution in [3.63, 3.8) is 0 Å². The van der Waals surface area contributed by atoms with Gasteiger partial charge in [-0.1, -0.05) is 78.9 Å². The van der Waals surface area contributed by atoms with Gasteiger partial charge in [0.05, 0.1) is 13.2 Å². The Balaban J connectivity index is 1.50. The fourth-order valence-corrected chi connectivity index (χ4v) is 3.84. The van der Waals surface area contributed by atoms with Crippen molar-refractivity contribution in [2.75, 3.05) is 5.09 Å². The molecule has 4 rings (SSSR count). The number of benzene rings is 3. The molecule has 1 aromatic heterocycles. The highest BCUT2D eigenvalue weighted by Crippen LogP contribution is 2.49. The van der Waals surface area contributed by atoms with Crippen LogP contribution in [-0.4, -0.2) is 10.1 Å². The van der Waals surface area contributed by atoms with Gasteiger partial charge in [-0.05, 0) is 28.4 Å². The monoisotopic (exact) mass is 421 g/mol. The summed E-state index contributed by atoms with van der Waals surface area (Å²) < 4.78 is 30.0. The van der Waals surface area contributed by atoms with Gasteiger partial charge >= 0.3 is 7.75 Å². The minimum atomic E-state index is -3.79. The molecule has 1 N–H and O–H groups in total. The van der Waals surface area contributed by atoms with Crippen molar-refractivity contribution in [3.05, 3.63) is 102 Å². The Morgan fingerprint density at radius 1 is 0.767 bits per heavy atom. The molecule has 0 saturated carbocycles. The molecule has 0 fully saturated rings. The Morgan fingerprint density at radius 3 is 1.80 bits per heavy atom. The first-order valence-electron chi connectivity index (χ1n) is 9.35. The van der Waals surface area contributed by atoms with E-state index in [1.807, 2.05) is 91.0 Å². The molecular weight excluding hydrogens is 401 g/mol. The molecule has 0 unspecified atom stereocenters. The van der Waals surface area contributed by atoms with Crippen LogP contribution in [0, 0.1) is 0 Å². The zero-order valence-corrected chi connectivity index (χ0v) is 16.9. The van der Waals surface area contributed by atoms with E-state index in [1.54, 1.807) is 0 Å². The van der Waals surface area contributed by atoms with Gasteiger partial charge < -0.3 is 4.52 Å². The van der Waals surface area contributed by atoms with Crippen molar-refractivity contribution in [1.29, 1.82) is 0 Å². The SMILES string of the molecule is O=P(Nc1noc(-c2ccccc2)n1)(OCc1ccccc1)OCc1ccccc1. The maximum absolute atomic E-state index is 13.4. The third kappa shape index (κ3) is 5.42. The lowest BCUT2D eigenvalue weighted by molar-refractivity contribution is 0.195. The van der Waals surface area contributed by atoms with Gasteiger partial charge in [0, 0.05) is 5.56 Å². The molecule has 0 saturated heterocycles. The van der Waals surface area contributed by atoms with Crippen molar-refractivity contribution >= 4 is 13.7 Å². The van der Waals surface area contributed by atoms with Gasteiger partial charge in [0.1, 0.15) is 0 Å². The largest absolute Gasteiger partial charge is 0.435 e. The first-order valence-corrected chi connectivity index (χ1v) is 10.9. The van der Waals surface area contributed by atoms with E-state index in [4.69, 9.17) is 13.6 Å². The molecule has 0 atom stereocenters. The van der Waals surface area contributed by atoms with Gasteiger partial charge in [-0.25, -0.2) is 4.57 Å². The van der Waals surface area contributed by atoms with Crippen LogP contribution >= 0.6 is 7.75 Å². The molecule has 3 aromatic carbocycles. The van der Waals surface area contributed by atoms with Crippen LogP contribution in [0.5, 0.6) is 0 Å². The van der Waals surface area contributed by atoms with E-state index in [0.717, 1.165) is 16.7 Å². The van der Waals surface area contributed by atoms with Gasteiger partial charge in [0.2, 0.25) is 0 Å². The molecule has 0 spiro atoms. The Kier molecular flexibility index (Phi) is 6.35. The zero-order valence-electron chi connectivity index (χ0n) is 16.0. The molecule has 0 bridgehead atoms. The second-order valence-electron chi connectivity index (χ2n) is 6.42. The maximum atomic E-state index is 13.4. The quantitative estimate of drug-likeness (QED) is 0.347. The lowest BCUT2D eigenvalue weighted by atomic mass is 10.2. The van der Waals surface area contributed by atoms with E-state index in [1.165, 1.54) is 0 Å². The average Bonchev–Trinajstić information content (AvgIpc) is 3.27. The molecule has 8 heteroatoms. The van der Waals surface area contributed by atoms with Gasteiger partial charge in [0.25, 0.3) is 11.8 Å². The van der Waals surface area contributed by atoms with Crippen LogP contribution in [0.4, 0.5) is 5.95 Å². The van der Waals surface area contributed by atoms with Crippen LogP contribution in [0.15, 0.2) is 95.5 Å². The van der Waals surface area contributed by atoms with E-state index in [9.17, 15) is 4.57 Å². The molecule has 0 radical (unpaired) electrons. The molecule has 152 valence electrons. The third-order valence-electron chi connectivity index (χ3n) is 4.17. The summed E-state index contributed by atoms with van der Waals surface area (Å²) in [4.78, 5) is 4.25. The number of anilines is 1. The van der Waals surface area contributed by atoms with Crippen molar-refractivity contribution in [2.24, 2.45) is 0 Å². The number of hydrogen-bond acceptors (Lipinski definition) is 6. The Hall–Kier alpha value is -3.25. The molecule has 1 heterocycles. The summed E-state index contributed by atoms with van der Waals surface area (Å²) in [6, 6.07) is 28.1. The second-order valence-corrected chi connectivity index (χ2v) is 8.15. The van der Waals surface area contributed by atoms with Crippen LogP contribution in [0.25, 0.3) is 11.5 Å². The van der Waals surface area contributed by atoms with Gasteiger partial charge in [-0.3, -0.25) is 14.1 Å². The highest BCUT2D eigenvalue weighted by atomic mass is 31.2. The van der Waals surface area contributed by atoms with E-state index in [-0.39, 0.29) is 19.2 Å². The van der Waals surface area contributed by atoms with Crippen molar-refractivity contribution in [3.8, 4) is 11.5 Å². The number of hydrogen-bond donors (Lipinski definition) is 1. The Morgan fingerprint density at radius 2 is 1.27 bits per heavy atom. The van der Waals surface area contributed by atoms with Gasteiger partial charge in [0.15, 0.2) is 0 Å². The minimum absolute atomic E-state index is 0.0262. The van der Waals surface area contributed by atoms with Crippen LogP contribution in [0.3, 0.4) is 0 Å². The van der Waals surface area contributed by atoms with Crippen LogP contribution in [0.2, 0.25) is 0 Å². The normalized spacial score (nSPS) is 11.3. The Labute approximate surface area is 174 Å². The summed E-state index contributed by atoms with van der Waals surface area (Å²) >= 11 is 0. The molecular formula is C22H20N3O4P. The predicted octanol–water partition coefficient (Wildman–Crippen LogP) is 5.69. The summed E-state index contributed by atoms with van der Waals surface area (Å²) in [5.74, 6) is 0.328. The lowest BCUT2D eigenvalue weighted by Crippen LogP contribution is -2.06. The predicted molar refractivity (Wildman–Crippen MR) is 113 cm³/mol. The van der Waals surface area contributed by atoms with Crippen LogP contribution in [-0.2, 0) is 26.8 Å². The first-order chi connectivity index (χ1) is 14.7. The lowest BCUT2D eigenvalue weighted by Gasteiger charge is -2.18. The number of nitrogens with zero attached hydrogens (tertiary/aromatic N) is 2. The summed E-state index contributed by atoms with van der Waals surface area (Å²) in [6.45, 7) is 0.201. The van der Waals surface area contributed by atoms with E-state index >= 15 is 0 Å². The number of nitrogens with one attached hydrogen (secondary N) is 1. The third-order valence-corrected chi connectivity index (χ3v) is 5.58. The van der Waals surface area contributed by atoms with E-state index in [0.29, 0.717) is 5.89 Å². The Bertz CT molecular complexity index is 1060. The topological polar surface area (TPSA) is 86.5 Å². The second kappa shape index (κ2) is 9.50. The molecule has 0 amide bonds. The summed E-state index contributed by atoms with van der Waals surface area (Å²) in [6.07, 6.45) is 0. The van der Waals surface area contributed by atoms with Gasteiger partial charge in [-0.15, -0.1) is 0 Å². The van der Waals surface area contributed by atoms with Crippen molar-refractivity contribution in [1.82, 2.24) is 10.1 Å². The molecule has 0 aliphatic heterocycles. The standard InChI is InChI=1S/C22H20N3O4P/c26-30(27-16-18-10-4-1-5-11-18,28-17-19-12-6-2-7-13-19)25-22-23-21(29-24-22)20-14-8-3-9-15-20/h1-15H,16-17H2,(H,24,25,26). The minimum Gasteiger partial charge on any atom is -0.332 e. The van der Waals surface area contributed by atoms with Crippen molar-refractivity contribution < 1.29 is 18.1 Å². The van der Waals surface area contributed by atoms with Crippen molar-refractivity contribution in [2.45, 2.75) is 13.2 Å². The molecule has 0 aliphatic rings. The zero-order chi connectivity index (χ0) is 20.7. The number of rotatable bonds is 9. The van der Waals surface area contributed by atoms with E-state index in [2.05, 4.69) is 15.2 Å². The summed E-state index contributed by atoms with van der Waals surface area (Å²) in [5.41, 5.74) is 2.48. The van der Waals surface area contributed by atoms with E-state index < -0.39 is 7.75 Å². The molecule has 4 aromatic rings. The fraction of sp³-hybridized carbons (Fsp3) is 0.0909. The average molecular weight is 421 g/mol. The molecule has 0 aliphatic carbocycles. The molecule has 7 nitrogen and oxygen atoms in total. The summed E-state index contributed by atoms with van der Waals surface area (Å²) in [5, 5.41) is 6.54. The highest BCUT2D eigenvalue weighted by Gasteiger charge is 2.28. The number of aromatic nitrogens is 2. The smallest absolute Gasteiger partial charge is 0.332 e. The fourth-order valence-electron chi connectivity index (χ4n) is 2.66. The van der Waals surface area contributed by atoms with Gasteiger partial charge in [-0.2, -0.15) is 4.98 Å². The first kappa shape index (κ1) is 20.0. The molecule has 30 heavy (non-hydrogen) atoms. The summed E-state index contributed by atoms with van der Waals surface area (Å²) in [7, 11) is -3.79. The van der Waals surface area contributed by atoms with Crippen LogP contribution in [0.1, 0.15) is 11.1 Å². The highest BCUT2D eigenvalue weighted by molar-refractivity contribution is 7.55.